The summed E-state index contributed by atoms with van der Waals surface area (Å²) in [6.45, 7) is 7.12. The number of nitrogens with two attached hydrogens (primary N) is 1. The maximum Gasteiger partial charge on any atom is 0.221 e. The van der Waals surface area contributed by atoms with Crippen molar-refractivity contribution in [1.29, 1.82) is 0 Å². The van der Waals surface area contributed by atoms with Gasteiger partial charge >= 0.3 is 0 Å². The second-order valence-corrected chi connectivity index (χ2v) is 7.65. The molecule has 4 rings (SSSR count). The molecule has 0 radical (unpaired) electrons. The number of allylic oxidation sites excluding steroid dienone is 3. The van der Waals surface area contributed by atoms with Crippen LogP contribution in [0.4, 0.5) is 11.5 Å². The number of ether oxygens (including phenoxy) is 1. The normalized spacial score (nSPS) is 17.7. The van der Waals surface area contributed by atoms with Gasteiger partial charge in [-0.25, -0.2) is 14.2 Å². The van der Waals surface area contributed by atoms with Gasteiger partial charge in [0, 0.05) is 19.1 Å². The Hall–Kier alpha value is -3.52. The zero-order chi connectivity index (χ0) is 21.8. The van der Waals surface area contributed by atoms with Crippen LogP contribution in [0.2, 0.25) is 0 Å². The molecule has 160 valence electrons. The highest BCUT2D eigenvalue weighted by Crippen LogP contribution is 2.24. The van der Waals surface area contributed by atoms with Crippen LogP contribution in [0, 0.1) is 6.92 Å². The maximum absolute atomic E-state index is 11.8. The molecule has 1 aromatic carbocycles. The lowest BCUT2D eigenvalue weighted by molar-refractivity contribution is -0.547. The molecule has 1 saturated heterocycles. The fraction of sp³-hybridized carbons (Fsp3) is 0.304. The van der Waals surface area contributed by atoms with E-state index in [2.05, 4.69) is 46.2 Å². The molecule has 1 aliphatic carbocycles. The molecule has 0 atom stereocenters. The van der Waals surface area contributed by atoms with Gasteiger partial charge in [-0.05, 0) is 18.6 Å². The summed E-state index contributed by atoms with van der Waals surface area (Å²) in [7, 11) is 0. The number of benzene rings is 1. The highest BCUT2D eigenvalue weighted by molar-refractivity contribution is 6.21. The first kappa shape index (κ1) is 20.7. The maximum atomic E-state index is 11.8. The van der Waals surface area contributed by atoms with Crippen molar-refractivity contribution in [1.82, 2.24) is 15.1 Å². The number of aromatic nitrogens is 2. The van der Waals surface area contributed by atoms with Crippen molar-refractivity contribution < 1.29 is 14.1 Å². The lowest BCUT2D eigenvalue weighted by atomic mass is 10.1. The van der Waals surface area contributed by atoms with Gasteiger partial charge in [-0.15, -0.1) is 0 Å². The Labute approximate surface area is 181 Å². The van der Waals surface area contributed by atoms with E-state index in [1.807, 2.05) is 18.2 Å². The van der Waals surface area contributed by atoms with Crippen LogP contribution in [0.15, 0.2) is 59.4 Å². The van der Waals surface area contributed by atoms with E-state index >= 15 is 0 Å². The molecule has 2 aromatic rings. The number of nitrogens with zero attached hydrogens (tertiary/aromatic N) is 4. The first-order valence-electron chi connectivity index (χ1n) is 10.3. The van der Waals surface area contributed by atoms with Gasteiger partial charge in [0.25, 0.3) is 0 Å². The van der Waals surface area contributed by atoms with Crippen LogP contribution in [-0.4, -0.2) is 58.0 Å². The number of anilines is 1. The van der Waals surface area contributed by atoms with Gasteiger partial charge in [-0.1, -0.05) is 29.8 Å². The topological polar surface area (TPSA) is 97.5 Å². The van der Waals surface area contributed by atoms with Crippen LogP contribution in [-0.2, 0) is 16.1 Å². The molecule has 8 heteroatoms. The van der Waals surface area contributed by atoms with Crippen molar-refractivity contribution in [2.24, 2.45) is 4.99 Å². The van der Waals surface area contributed by atoms with Gasteiger partial charge in [-0.2, -0.15) is 5.10 Å². The molecule has 1 amide bonds. The summed E-state index contributed by atoms with van der Waals surface area (Å²) in [5.74, 6) is 0.324. The highest BCUT2D eigenvalue weighted by Gasteiger charge is 2.21. The van der Waals surface area contributed by atoms with Gasteiger partial charge < -0.3 is 15.8 Å². The Bertz CT molecular complexity index is 1100. The number of aryl methyl sites for hydroxylation is 1. The Balaban J connectivity index is 1.61. The third kappa shape index (κ3) is 4.97. The summed E-state index contributed by atoms with van der Waals surface area (Å²) >= 11 is 0. The van der Waals surface area contributed by atoms with Gasteiger partial charge in [0.2, 0.25) is 11.6 Å². The van der Waals surface area contributed by atoms with E-state index in [1.165, 1.54) is 12.5 Å². The number of hydrogen-bond acceptors (Lipinski definition) is 5. The van der Waals surface area contributed by atoms with Crippen molar-refractivity contribution >= 4 is 28.8 Å². The third-order valence-electron chi connectivity index (χ3n) is 5.22. The molecule has 8 nitrogen and oxygen atoms in total. The summed E-state index contributed by atoms with van der Waals surface area (Å²) in [6.07, 6.45) is 7.49. The zero-order valence-corrected chi connectivity index (χ0v) is 17.8. The summed E-state index contributed by atoms with van der Waals surface area (Å²) in [6, 6.07) is 8.26. The average Bonchev–Trinajstić information content (AvgIpc) is 3.10. The van der Waals surface area contributed by atoms with Gasteiger partial charge in [-0.3, -0.25) is 4.79 Å². The van der Waals surface area contributed by atoms with Crippen LogP contribution < -0.4 is 11.1 Å². The van der Waals surface area contributed by atoms with Crippen LogP contribution in [0.3, 0.4) is 0 Å². The summed E-state index contributed by atoms with van der Waals surface area (Å²) < 4.78 is 9.38. The predicted octanol–water partition coefficient (Wildman–Crippen LogP) is 1.97. The lowest BCUT2D eigenvalue weighted by Gasteiger charge is -2.16. The molecule has 0 bridgehead atoms. The van der Waals surface area contributed by atoms with Crippen molar-refractivity contribution in [3.05, 3.63) is 65.5 Å². The van der Waals surface area contributed by atoms with E-state index in [9.17, 15) is 4.79 Å². The second kappa shape index (κ2) is 9.09. The number of nitrogen functional groups attached to an aromatic ring is 1. The molecule has 2 aliphatic rings. The minimum absolute atomic E-state index is 0.154. The monoisotopic (exact) mass is 419 g/mol. The fourth-order valence-corrected chi connectivity index (χ4v) is 3.52. The number of hydrogen-bond donors (Lipinski definition) is 2. The SMILES string of the molecule is CC(=O)NC1=CC(=[N+]2CCOCC2)C=C/C1=N/c1cnn(Cc2ccc(C)cc2)c1N. The molecular weight excluding hydrogens is 392 g/mol. The van der Waals surface area contributed by atoms with Crippen LogP contribution in [0.25, 0.3) is 0 Å². The third-order valence-corrected chi connectivity index (χ3v) is 5.22. The molecule has 0 saturated carbocycles. The predicted molar refractivity (Wildman–Crippen MR) is 121 cm³/mol. The minimum Gasteiger partial charge on any atom is -0.382 e. The van der Waals surface area contributed by atoms with Crippen LogP contribution in [0.5, 0.6) is 0 Å². The Kier molecular flexibility index (Phi) is 6.08. The quantitative estimate of drug-likeness (QED) is 0.585. The number of carbonyl (C=O) groups excluding carboxylic acids is 1. The summed E-state index contributed by atoms with van der Waals surface area (Å²) in [5.41, 5.74) is 11.5. The molecule has 1 aliphatic heterocycles. The molecule has 0 unspecified atom stereocenters. The van der Waals surface area contributed by atoms with E-state index < -0.39 is 0 Å². The first-order valence-corrected chi connectivity index (χ1v) is 10.3. The molecule has 2 heterocycles. The number of rotatable bonds is 4. The van der Waals surface area contributed by atoms with Gasteiger partial charge in [0.1, 0.15) is 24.7 Å². The molecule has 0 spiro atoms. The largest absolute Gasteiger partial charge is 0.382 e. The van der Waals surface area contributed by atoms with Crippen molar-refractivity contribution in [2.75, 3.05) is 32.0 Å². The van der Waals surface area contributed by atoms with Gasteiger partial charge in [0.15, 0.2) is 13.1 Å². The molecule has 3 N–H and O–H groups in total. The molecule has 1 fully saturated rings. The van der Waals surface area contributed by atoms with E-state index in [0.717, 1.165) is 24.4 Å². The Morgan fingerprint density at radius 1 is 1.26 bits per heavy atom. The van der Waals surface area contributed by atoms with E-state index in [1.54, 1.807) is 10.9 Å². The number of amides is 1. The van der Waals surface area contributed by atoms with E-state index in [4.69, 9.17) is 15.5 Å². The second-order valence-electron chi connectivity index (χ2n) is 7.65. The number of nitrogens with one attached hydrogen (secondary N) is 1. The van der Waals surface area contributed by atoms with Crippen molar-refractivity contribution in [3.63, 3.8) is 0 Å². The number of aliphatic imine (C=N–C) groups is 1. The minimum atomic E-state index is -0.154. The summed E-state index contributed by atoms with van der Waals surface area (Å²) in [4.78, 5) is 16.5. The standard InChI is InChI=1S/C23H26N6O2/c1-16-3-5-18(6-4-16)15-29-23(24)22(14-25-29)27-20-8-7-19(13-21(20)26-17(2)30)28-9-11-31-12-10-28/h3-8,13-14H,9-12,15H2,1-2H3,(H2,24,25,26,30)/p+1. The fourth-order valence-electron chi connectivity index (χ4n) is 3.52. The van der Waals surface area contributed by atoms with Gasteiger partial charge in [0.05, 0.1) is 24.2 Å². The molecule has 1 aromatic heterocycles. The van der Waals surface area contributed by atoms with Crippen molar-refractivity contribution in [2.45, 2.75) is 20.4 Å². The summed E-state index contributed by atoms with van der Waals surface area (Å²) in [5, 5.41) is 7.29. The number of carbonyl (C=O) groups is 1. The first-order chi connectivity index (χ1) is 15.0. The Morgan fingerprint density at radius 3 is 2.71 bits per heavy atom. The van der Waals surface area contributed by atoms with Crippen LogP contribution in [0.1, 0.15) is 18.1 Å². The zero-order valence-electron chi connectivity index (χ0n) is 17.8. The highest BCUT2D eigenvalue weighted by atomic mass is 16.5. The molecular formula is C23H27N6O2+. The Morgan fingerprint density at radius 2 is 2.00 bits per heavy atom. The number of morpholine rings is 1. The average molecular weight is 420 g/mol. The van der Waals surface area contributed by atoms with E-state index in [0.29, 0.717) is 42.7 Å². The van der Waals surface area contributed by atoms with Crippen molar-refractivity contribution in [3.8, 4) is 0 Å². The van der Waals surface area contributed by atoms with E-state index in [-0.39, 0.29) is 5.91 Å². The van der Waals surface area contributed by atoms with Crippen LogP contribution >= 0.6 is 0 Å². The lowest BCUT2D eigenvalue weighted by Crippen LogP contribution is -2.34. The smallest absolute Gasteiger partial charge is 0.221 e. The molecule has 31 heavy (non-hydrogen) atoms.